The highest BCUT2D eigenvalue weighted by Gasteiger charge is 2.45. The Labute approximate surface area is 187 Å². The summed E-state index contributed by atoms with van der Waals surface area (Å²) >= 11 is 6.03. The molecule has 0 aromatic heterocycles. The van der Waals surface area contributed by atoms with Gasteiger partial charge in [0, 0.05) is 30.8 Å². The van der Waals surface area contributed by atoms with Gasteiger partial charge in [0.25, 0.3) is 11.7 Å². The molecule has 3 rings (SSSR count). The van der Waals surface area contributed by atoms with Crippen molar-refractivity contribution in [2.45, 2.75) is 25.8 Å². The Hall–Kier alpha value is -2.83. The van der Waals surface area contributed by atoms with Gasteiger partial charge in [0.2, 0.25) is 0 Å². The van der Waals surface area contributed by atoms with Gasteiger partial charge in [0.1, 0.15) is 11.5 Å². The van der Waals surface area contributed by atoms with Crippen LogP contribution in [0.4, 0.5) is 0 Å². The topological polar surface area (TPSA) is 76.1 Å². The summed E-state index contributed by atoms with van der Waals surface area (Å²) in [5.41, 5.74) is 1.17. The molecule has 1 fully saturated rings. The zero-order valence-electron chi connectivity index (χ0n) is 17.6. The standard InChI is InChI=1S/C24H26ClNO5/c1-3-13-31-19-7-4-6-17(15-19)22(27)20-21(16-8-10-18(25)11-9-16)26(12-5-14-30-2)24(29)23(20)28/h4,6-11,15,21,27H,3,5,12-14H2,1-2H3/b22-20-. The number of aliphatic hydroxyl groups excluding tert-OH is 1. The van der Waals surface area contributed by atoms with Gasteiger partial charge < -0.3 is 19.5 Å². The van der Waals surface area contributed by atoms with Gasteiger partial charge in [0.05, 0.1) is 18.2 Å². The Balaban J connectivity index is 2.07. The van der Waals surface area contributed by atoms with Crippen molar-refractivity contribution >= 4 is 29.1 Å². The third kappa shape index (κ3) is 5.09. The lowest BCUT2D eigenvalue weighted by molar-refractivity contribution is -0.140. The summed E-state index contributed by atoms with van der Waals surface area (Å²) in [6, 6.07) is 13.1. The molecular weight excluding hydrogens is 418 g/mol. The third-order valence-corrected chi connectivity index (χ3v) is 5.31. The average molecular weight is 444 g/mol. The molecule has 7 heteroatoms. The number of methoxy groups -OCH3 is 1. The van der Waals surface area contributed by atoms with Gasteiger partial charge in [-0.15, -0.1) is 0 Å². The minimum atomic E-state index is -0.714. The van der Waals surface area contributed by atoms with Crippen molar-refractivity contribution in [1.29, 1.82) is 0 Å². The van der Waals surface area contributed by atoms with Crippen molar-refractivity contribution in [3.8, 4) is 5.75 Å². The van der Waals surface area contributed by atoms with Crippen LogP contribution in [0.15, 0.2) is 54.1 Å². The van der Waals surface area contributed by atoms with E-state index >= 15 is 0 Å². The number of ketones is 1. The van der Waals surface area contributed by atoms with Crippen LogP contribution < -0.4 is 4.74 Å². The molecular formula is C24H26ClNO5. The van der Waals surface area contributed by atoms with Crippen LogP contribution in [0.3, 0.4) is 0 Å². The zero-order chi connectivity index (χ0) is 22.4. The van der Waals surface area contributed by atoms with E-state index in [1.807, 2.05) is 6.92 Å². The van der Waals surface area contributed by atoms with Gasteiger partial charge in [-0.1, -0.05) is 42.8 Å². The molecule has 0 saturated carbocycles. The number of halogens is 1. The molecule has 1 unspecified atom stereocenters. The van der Waals surface area contributed by atoms with E-state index in [0.29, 0.717) is 48.1 Å². The number of Topliss-reactive ketones (excluding diaryl/α,β-unsaturated/α-hetero) is 1. The lowest BCUT2D eigenvalue weighted by Crippen LogP contribution is -2.31. The molecule has 0 radical (unpaired) electrons. The second kappa shape index (κ2) is 10.5. The summed E-state index contributed by atoms with van der Waals surface area (Å²) in [5.74, 6) is -0.997. The minimum Gasteiger partial charge on any atom is -0.507 e. The van der Waals surface area contributed by atoms with E-state index < -0.39 is 17.7 Å². The summed E-state index contributed by atoms with van der Waals surface area (Å²) in [7, 11) is 1.58. The van der Waals surface area contributed by atoms with E-state index in [1.54, 1.807) is 55.6 Å². The van der Waals surface area contributed by atoms with Crippen LogP contribution in [-0.2, 0) is 14.3 Å². The van der Waals surface area contributed by atoms with Crippen molar-refractivity contribution in [3.05, 3.63) is 70.3 Å². The van der Waals surface area contributed by atoms with E-state index in [1.165, 1.54) is 4.90 Å². The summed E-state index contributed by atoms with van der Waals surface area (Å²) in [6.45, 7) is 3.31. The molecule has 1 atom stereocenters. The smallest absolute Gasteiger partial charge is 0.295 e. The number of nitrogens with zero attached hydrogens (tertiary/aromatic N) is 1. The molecule has 6 nitrogen and oxygen atoms in total. The van der Waals surface area contributed by atoms with Crippen molar-refractivity contribution in [2.75, 3.05) is 26.9 Å². The first-order chi connectivity index (χ1) is 15.0. The molecule has 1 aliphatic rings. The van der Waals surface area contributed by atoms with E-state index in [4.69, 9.17) is 21.1 Å². The molecule has 2 aromatic carbocycles. The highest BCUT2D eigenvalue weighted by Crippen LogP contribution is 2.40. The van der Waals surface area contributed by atoms with Gasteiger partial charge in [-0.2, -0.15) is 0 Å². The number of likely N-dealkylation sites (tertiary alicyclic amines) is 1. The number of carbonyl (C=O) groups is 2. The zero-order valence-corrected chi connectivity index (χ0v) is 18.4. The first-order valence-corrected chi connectivity index (χ1v) is 10.6. The normalized spacial score (nSPS) is 17.9. The van der Waals surface area contributed by atoms with E-state index in [0.717, 1.165) is 6.42 Å². The molecule has 1 amide bonds. The monoisotopic (exact) mass is 443 g/mol. The predicted octanol–water partition coefficient (Wildman–Crippen LogP) is 4.59. The maximum Gasteiger partial charge on any atom is 0.295 e. The van der Waals surface area contributed by atoms with Crippen LogP contribution in [0.1, 0.15) is 36.9 Å². The van der Waals surface area contributed by atoms with Crippen molar-refractivity contribution in [3.63, 3.8) is 0 Å². The number of carbonyl (C=O) groups excluding carboxylic acids is 2. The first-order valence-electron chi connectivity index (χ1n) is 10.2. The first kappa shape index (κ1) is 22.8. The molecule has 164 valence electrons. The highest BCUT2D eigenvalue weighted by atomic mass is 35.5. The fourth-order valence-electron chi connectivity index (χ4n) is 3.59. The molecule has 1 aliphatic heterocycles. The Morgan fingerprint density at radius 1 is 1.13 bits per heavy atom. The van der Waals surface area contributed by atoms with Crippen LogP contribution in [0.5, 0.6) is 5.75 Å². The molecule has 1 heterocycles. The maximum atomic E-state index is 13.0. The number of hydrogen-bond donors (Lipinski definition) is 1. The van der Waals surface area contributed by atoms with E-state index in [-0.39, 0.29) is 11.3 Å². The van der Waals surface area contributed by atoms with Crippen LogP contribution in [0, 0.1) is 0 Å². The summed E-state index contributed by atoms with van der Waals surface area (Å²) in [5, 5.41) is 11.7. The fraction of sp³-hybridized carbons (Fsp3) is 0.333. The van der Waals surface area contributed by atoms with Crippen molar-refractivity contribution in [2.24, 2.45) is 0 Å². The number of hydrogen-bond acceptors (Lipinski definition) is 5. The molecule has 1 saturated heterocycles. The summed E-state index contributed by atoms with van der Waals surface area (Å²) in [6.07, 6.45) is 1.41. The number of aliphatic hydroxyl groups is 1. The van der Waals surface area contributed by atoms with Gasteiger partial charge in [-0.25, -0.2) is 0 Å². The Morgan fingerprint density at radius 2 is 1.87 bits per heavy atom. The molecule has 2 aromatic rings. The lowest BCUT2D eigenvalue weighted by atomic mass is 9.95. The number of ether oxygens (including phenoxy) is 2. The van der Waals surface area contributed by atoms with Crippen LogP contribution >= 0.6 is 11.6 Å². The third-order valence-electron chi connectivity index (χ3n) is 5.05. The van der Waals surface area contributed by atoms with Crippen molar-refractivity contribution in [1.82, 2.24) is 4.90 Å². The minimum absolute atomic E-state index is 0.0531. The number of amides is 1. The number of benzene rings is 2. The molecule has 0 aliphatic carbocycles. The van der Waals surface area contributed by atoms with E-state index in [9.17, 15) is 14.7 Å². The quantitative estimate of drug-likeness (QED) is 0.265. The van der Waals surface area contributed by atoms with Gasteiger partial charge in [0.15, 0.2) is 0 Å². The number of rotatable bonds is 9. The maximum absolute atomic E-state index is 13.0. The van der Waals surface area contributed by atoms with Crippen molar-refractivity contribution < 1.29 is 24.2 Å². The van der Waals surface area contributed by atoms with Gasteiger partial charge in [-0.3, -0.25) is 9.59 Å². The Morgan fingerprint density at radius 3 is 2.55 bits per heavy atom. The van der Waals surface area contributed by atoms with Crippen LogP contribution in [-0.4, -0.2) is 48.6 Å². The Bertz CT molecular complexity index is 970. The van der Waals surface area contributed by atoms with Crippen LogP contribution in [0.2, 0.25) is 5.02 Å². The van der Waals surface area contributed by atoms with Crippen LogP contribution in [0.25, 0.3) is 5.76 Å². The van der Waals surface area contributed by atoms with E-state index in [2.05, 4.69) is 0 Å². The fourth-order valence-corrected chi connectivity index (χ4v) is 3.72. The van der Waals surface area contributed by atoms with Gasteiger partial charge >= 0.3 is 0 Å². The molecule has 0 spiro atoms. The highest BCUT2D eigenvalue weighted by molar-refractivity contribution is 6.46. The van der Waals surface area contributed by atoms with Gasteiger partial charge in [-0.05, 0) is 42.7 Å². The lowest BCUT2D eigenvalue weighted by Gasteiger charge is -2.25. The predicted molar refractivity (Wildman–Crippen MR) is 119 cm³/mol. The molecule has 31 heavy (non-hydrogen) atoms. The second-order valence-corrected chi connectivity index (χ2v) is 7.70. The summed E-state index contributed by atoms with van der Waals surface area (Å²) in [4.78, 5) is 27.3. The average Bonchev–Trinajstić information content (AvgIpc) is 3.03. The second-order valence-electron chi connectivity index (χ2n) is 7.27. The largest absolute Gasteiger partial charge is 0.507 e. The summed E-state index contributed by atoms with van der Waals surface area (Å²) < 4.78 is 10.7. The molecule has 0 bridgehead atoms. The molecule has 1 N–H and O–H groups in total. The SMILES string of the molecule is CCCOc1cccc(/C(O)=C2/C(=O)C(=O)N(CCCOC)C2c2ccc(Cl)cc2)c1. The Kier molecular flexibility index (Phi) is 7.71.